The van der Waals surface area contributed by atoms with Gasteiger partial charge in [-0.05, 0) is 0 Å². The van der Waals surface area contributed by atoms with Crippen LogP contribution in [0.3, 0.4) is 0 Å². The first kappa shape index (κ1) is 11.8. The molecule has 0 aliphatic heterocycles. The summed E-state index contributed by atoms with van der Waals surface area (Å²) in [5.41, 5.74) is 0.0401. The summed E-state index contributed by atoms with van der Waals surface area (Å²) in [5, 5.41) is 0. The molecule has 0 radical (unpaired) electrons. The summed E-state index contributed by atoms with van der Waals surface area (Å²) in [6.07, 6.45) is -3.54. The third-order valence-corrected chi connectivity index (χ3v) is 1.87. The average Bonchev–Trinajstić information content (AvgIpc) is 2.18. The number of pyridine rings is 1. The Hall–Kier alpha value is -1.30. The van der Waals surface area contributed by atoms with Crippen LogP contribution in [0, 0.1) is 0 Å². The maximum atomic E-state index is 12.4. The van der Waals surface area contributed by atoms with Crippen molar-refractivity contribution in [3.63, 3.8) is 0 Å². The van der Waals surface area contributed by atoms with Crippen LogP contribution >= 0.6 is 0 Å². The van der Waals surface area contributed by atoms with Gasteiger partial charge in [-0.3, -0.25) is 4.84 Å². The van der Waals surface area contributed by atoms with E-state index in [1.54, 1.807) is 0 Å². The van der Waals surface area contributed by atoms with Crippen LogP contribution in [0.4, 0.5) is 13.2 Å². The van der Waals surface area contributed by atoms with E-state index in [0.717, 1.165) is 7.11 Å². The molecule has 0 aliphatic carbocycles. The van der Waals surface area contributed by atoms with Crippen LogP contribution in [0.2, 0.25) is 0 Å². The lowest BCUT2D eigenvalue weighted by atomic mass is 10.1. The zero-order valence-corrected chi connectivity index (χ0v) is 8.28. The number of aromatic nitrogens is 1. The molecule has 0 saturated carbocycles. The molecule has 0 amide bonds. The van der Waals surface area contributed by atoms with Crippen molar-refractivity contribution in [3.05, 3.63) is 30.1 Å². The third kappa shape index (κ3) is 2.82. The first-order valence-corrected chi connectivity index (χ1v) is 4.14. The van der Waals surface area contributed by atoms with Crippen molar-refractivity contribution >= 4 is 0 Å². The van der Waals surface area contributed by atoms with E-state index >= 15 is 0 Å². The zero-order chi connectivity index (χ0) is 11.5. The fourth-order valence-corrected chi connectivity index (χ4v) is 1.18. The van der Waals surface area contributed by atoms with E-state index in [0.29, 0.717) is 0 Å². The van der Waals surface area contributed by atoms with Gasteiger partial charge in [0.25, 0.3) is 0 Å². The van der Waals surface area contributed by atoms with Crippen molar-refractivity contribution < 1.29 is 27.5 Å². The highest BCUT2D eigenvalue weighted by molar-refractivity contribution is 5.13. The summed E-state index contributed by atoms with van der Waals surface area (Å²) in [6, 6.07) is 2.59. The Balaban J connectivity index is 2.93. The maximum absolute atomic E-state index is 12.4. The number of nitrogens with zero attached hydrogens (tertiary/aromatic N) is 1. The van der Waals surface area contributed by atoms with Crippen molar-refractivity contribution in [1.82, 2.24) is 0 Å². The topological polar surface area (TPSA) is 22.3 Å². The molecule has 0 N–H and O–H groups in total. The molecule has 1 aromatic rings. The van der Waals surface area contributed by atoms with Gasteiger partial charge in [-0.2, -0.15) is 13.2 Å². The first-order valence-electron chi connectivity index (χ1n) is 4.14. The van der Waals surface area contributed by atoms with Crippen molar-refractivity contribution in [1.29, 1.82) is 0 Å². The molecule has 0 aromatic carbocycles. The van der Waals surface area contributed by atoms with Crippen molar-refractivity contribution in [2.45, 2.75) is 12.3 Å². The second-order valence-electron chi connectivity index (χ2n) is 2.83. The normalized spacial score (nSPS) is 13.7. The Kier molecular flexibility index (Phi) is 3.52. The largest absolute Gasteiger partial charge is 0.418 e. The van der Waals surface area contributed by atoms with E-state index < -0.39 is 12.3 Å². The Morgan fingerprint density at radius 3 is 2.07 bits per heavy atom. The van der Waals surface area contributed by atoms with Gasteiger partial charge in [-0.15, -0.1) is 0 Å². The number of hydrogen-bond donors (Lipinski definition) is 0. The first-order chi connectivity index (χ1) is 6.99. The summed E-state index contributed by atoms with van der Waals surface area (Å²) >= 11 is 0. The molecular weight excluding hydrogens is 211 g/mol. The van der Waals surface area contributed by atoms with Gasteiger partial charge in [0.2, 0.25) is 12.4 Å². The van der Waals surface area contributed by atoms with E-state index in [1.165, 1.54) is 36.4 Å². The van der Waals surface area contributed by atoms with Crippen molar-refractivity contribution in [3.8, 4) is 0 Å². The van der Waals surface area contributed by atoms with E-state index in [-0.39, 0.29) is 5.56 Å². The summed E-state index contributed by atoms with van der Waals surface area (Å²) in [6.45, 7) is 0. The van der Waals surface area contributed by atoms with Crippen molar-refractivity contribution in [2.24, 2.45) is 0 Å². The predicted molar refractivity (Wildman–Crippen MR) is 44.9 cm³/mol. The van der Waals surface area contributed by atoms with Crippen LogP contribution in [-0.2, 0) is 4.74 Å². The second kappa shape index (κ2) is 4.48. The minimum absolute atomic E-state index is 0.0401. The fraction of sp³-hybridized carbons (Fsp3) is 0.444. The summed E-state index contributed by atoms with van der Waals surface area (Å²) in [5.74, 6) is 0. The second-order valence-corrected chi connectivity index (χ2v) is 2.83. The summed E-state index contributed by atoms with van der Waals surface area (Å²) in [4.78, 5) is 4.76. The average molecular weight is 222 g/mol. The number of hydrogen-bond acceptors (Lipinski definition) is 2. The third-order valence-electron chi connectivity index (χ3n) is 1.87. The lowest BCUT2D eigenvalue weighted by molar-refractivity contribution is -0.885. The Morgan fingerprint density at radius 1 is 1.20 bits per heavy atom. The molecule has 0 bridgehead atoms. The Bertz CT molecular complexity index is 310. The highest BCUT2D eigenvalue weighted by Gasteiger charge is 2.41. The van der Waals surface area contributed by atoms with E-state index in [4.69, 9.17) is 4.84 Å². The molecule has 0 saturated heterocycles. The van der Waals surface area contributed by atoms with Crippen LogP contribution in [0.5, 0.6) is 0 Å². The van der Waals surface area contributed by atoms with Gasteiger partial charge in [-0.25, -0.2) is 0 Å². The summed E-state index contributed by atoms with van der Waals surface area (Å²) in [7, 11) is 2.44. The lowest BCUT2D eigenvalue weighted by Crippen LogP contribution is -2.39. The minimum atomic E-state index is -4.41. The molecular formula is C9H11F3NO2+. The molecule has 0 aliphatic rings. The van der Waals surface area contributed by atoms with Crippen LogP contribution < -0.4 is 9.57 Å². The molecule has 1 atom stereocenters. The monoisotopic (exact) mass is 222 g/mol. The van der Waals surface area contributed by atoms with Crippen LogP contribution in [-0.4, -0.2) is 20.4 Å². The molecule has 1 unspecified atom stereocenters. The number of ether oxygens (including phenoxy) is 1. The molecule has 84 valence electrons. The Labute approximate surface area is 85.0 Å². The lowest BCUT2D eigenvalue weighted by Gasteiger charge is -2.17. The molecule has 6 heteroatoms. The van der Waals surface area contributed by atoms with Gasteiger partial charge in [0.15, 0.2) is 6.10 Å². The maximum Gasteiger partial charge on any atom is 0.418 e. The van der Waals surface area contributed by atoms with Crippen LogP contribution in [0.1, 0.15) is 11.7 Å². The SMILES string of the molecule is COC(c1cc[n+](OC)cc1)C(F)(F)F. The number of alkyl halides is 3. The Morgan fingerprint density at radius 2 is 1.73 bits per heavy atom. The molecule has 0 fully saturated rings. The molecule has 1 heterocycles. The smallest absolute Gasteiger partial charge is 0.367 e. The number of rotatable bonds is 3. The van der Waals surface area contributed by atoms with Crippen LogP contribution in [0.15, 0.2) is 24.5 Å². The fourth-order valence-electron chi connectivity index (χ4n) is 1.18. The van der Waals surface area contributed by atoms with Gasteiger partial charge in [-0.1, -0.05) is 0 Å². The quantitative estimate of drug-likeness (QED) is 0.719. The van der Waals surface area contributed by atoms with Crippen LogP contribution in [0.25, 0.3) is 0 Å². The van der Waals surface area contributed by atoms with Crippen molar-refractivity contribution in [2.75, 3.05) is 14.2 Å². The van der Waals surface area contributed by atoms with Gasteiger partial charge in [0, 0.05) is 29.5 Å². The molecule has 1 aromatic heterocycles. The molecule has 0 spiro atoms. The van der Waals surface area contributed by atoms with Gasteiger partial charge < -0.3 is 4.74 Å². The summed E-state index contributed by atoms with van der Waals surface area (Å²) < 4.78 is 43.0. The highest BCUT2D eigenvalue weighted by atomic mass is 19.4. The zero-order valence-electron chi connectivity index (χ0n) is 8.28. The molecule has 15 heavy (non-hydrogen) atoms. The van der Waals surface area contributed by atoms with E-state index in [1.807, 2.05) is 0 Å². The highest BCUT2D eigenvalue weighted by Crippen LogP contribution is 2.34. The van der Waals surface area contributed by atoms with E-state index in [2.05, 4.69) is 4.74 Å². The molecule has 1 rings (SSSR count). The predicted octanol–water partition coefficient (Wildman–Crippen LogP) is 1.28. The number of halogens is 3. The van der Waals surface area contributed by atoms with E-state index in [9.17, 15) is 13.2 Å². The number of methoxy groups -OCH3 is 1. The molecule has 3 nitrogen and oxygen atoms in total. The minimum Gasteiger partial charge on any atom is -0.367 e. The standard InChI is InChI=1S/C9H11F3NO2/c1-14-8(9(10,11)12)7-3-5-13(15-2)6-4-7/h3-6,8H,1-2H3/q+1. The van der Waals surface area contributed by atoms with Gasteiger partial charge >= 0.3 is 6.18 Å². The van der Waals surface area contributed by atoms with Gasteiger partial charge in [0.1, 0.15) is 7.11 Å². The van der Waals surface area contributed by atoms with Gasteiger partial charge in [0.05, 0.1) is 0 Å².